The maximum Gasteiger partial charge on any atom is 0.274 e. The number of anilines is 1. The Kier molecular flexibility index (Phi) is 6.30. The summed E-state index contributed by atoms with van der Waals surface area (Å²) in [7, 11) is 0. The number of para-hydroxylation sites is 1. The summed E-state index contributed by atoms with van der Waals surface area (Å²) in [5, 5.41) is 5.65. The van der Waals surface area contributed by atoms with E-state index >= 15 is 0 Å². The molecule has 1 heterocycles. The average Bonchev–Trinajstić information content (AvgIpc) is 2.72. The second-order valence-corrected chi connectivity index (χ2v) is 6.09. The van der Waals surface area contributed by atoms with Crippen molar-refractivity contribution in [3.63, 3.8) is 0 Å². The van der Waals surface area contributed by atoms with E-state index in [0.717, 1.165) is 12.8 Å². The number of nitrogens with zero attached hydrogens (tertiary/aromatic N) is 1. The van der Waals surface area contributed by atoms with Crippen molar-refractivity contribution in [3.8, 4) is 0 Å². The van der Waals surface area contributed by atoms with Crippen LogP contribution in [0.25, 0.3) is 0 Å². The molecular formula is C22H21N3O2. The minimum Gasteiger partial charge on any atom is -0.352 e. The van der Waals surface area contributed by atoms with Crippen LogP contribution in [0.15, 0.2) is 79.0 Å². The molecule has 0 saturated carbocycles. The van der Waals surface area contributed by atoms with E-state index in [1.165, 1.54) is 17.8 Å². The van der Waals surface area contributed by atoms with Gasteiger partial charge in [0.25, 0.3) is 11.8 Å². The number of rotatable bonds is 7. The van der Waals surface area contributed by atoms with Gasteiger partial charge in [0, 0.05) is 24.0 Å². The quantitative estimate of drug-likeness (QED) is 0.632. The number of carbonyl (C=O) groups is 2. The van der Waals surface area contributed by atoms with Crippen LogP contribution in [0.5, 0.6) is 0 Å². The number of amides is 2. The topological polar surface area (TPSA) is 71.1 Å². The molecule has 3 rings (SSSR count). The van der Waals surface area contributed by atoms with Crippen molar-refractivity contribution >= 4 is 17.5 Å². The van der Waals surface area contributed by atoms with E-state index < -0.39 is 0 Å². The van der Waals surface area contributed by atoms with Gasteiger partial charge >= 0.3 is 0 Å². The molecular weight excluding hydrogens is 338 g/mol. The maximum atomic E-state index is 12.3. The Morgan fingerprint density at radius 3 is 2.30 bits per heavy atom. The van der Waals surface area contributed by atoms with Gasteiger partial charge in [-0.15, -0.1) is 0 Å². The predicted molar refractivity (Wildman–Crippen MR) is 106 cm³/mol. The van der Waals surface area contributed by atoms with Gasteiger partial charge in [0.15, 0.2) is 0 Å². The largest absolute Gasteiger partial charge is 0.352 e. The Morgan fingerprint density at radius 2 is 1.56 bits per heavy atom. The number of hydrogen-bond acceptors (Lipinski definition) is 3. The first kappa shape index (κ1) is 18.3. The van der Waals surface area contributed by atoms with Crippen LogP contribution >= 0.6 is 0 Å². The van der Waals surface area contributed by atoms with Crippen LogP contribution in [0.1, 0.15) is 32.8 Å². The molecule has 5 nitrogen and oxygen atoms in total. The summed E-state index contributed by atoms with van der Waals surface area (Å²) in [5.74, 6) is -0.556. The monoisotopic (exact) mass is 359 g/mol. The third kappa shape index (κ3) is 5.51. The zero-order valence-electron chi connectivity index (χ0n) is 14.9. The molecule has 5 heteroatoms. The molecule has 3 aromatic rings. The van der Waals surface area contributed by atoms with Crippen LogP contribution in [-0.4, -0.2) is 23.3 Å². The highest BCUT2D eigenvalue weighted by atomic mass is 16.2. The summed E-state index contributed by atoms with van der Waals surface area (Å²) < 4.78 is 0. The summed E-state index contributed by atoms with van der Waals surface area (Å²) in [5.41, 5.74) is 2.55. The highest BCUT2D eigenvalue weighted by molar-refractivity contribution is 6.04. The highest BCUT2D eigenvalue weighted by Gasteiger charge is 2.12. The van der Waals surface area contributed by atoms with E-state index in [1.807, 2.05) is 36.4 Å². The number of aromatic nitrogens is 1. The van der Waals surface area contributed by atoms with Crippen LogP contribution in [0.3, 0.4) is 0 Å². The fourth-order valence-corrected chi connectivity index (χ4v) is 2.65. The van der Waals surface area contributed by atoms with Crippen LogP contribution in [0, 0.1) is 0 Å². The number of aryl methyl sites for hydroxylation is 1. The predicted octanol–water partition coefficient (Wildman–Crippen LogP) is 3.70. The standard InChI is InChI=1S/C22H21N3O2/c26-21(24-14-7-10-17-8-3-1-4-9-17)18-13-15-23-20(16-18)22(27)25-19-11-5-2-6-12-19/h1-6,8-9,11-13,15-16H,7,10,14H2,(H,24,26)(H,25,27). The maximum absolute atomic E-state index is 12.3. The van der Waals surface area contributed by atoms with Crippen LogP contribution in [0.2, 0.25) is 0 Å². The zero-order valence-corrected chi connectivity index (χ0v) is 14.9. The second-order valence-electron chi connectivity index (χ2n) is 6.09. The number of benzene rings is 2. The fourth-order valence-electron chi connectivity index (χ4n) is 2.65. The first-order valence-corrected chi connectivity index (χ1v) is 8.87. The fraction of sp³-hybridized carbons (Fsp3) is 0.136. The molecule has 0 aliphatic heterocycles. The minimum absolute atomic E-state index is 0.204. The molecule has 2 N–H and O–H groups in total. The van der Waals surface area contributed by atoms with E-state index in [2.05, 4.69) is 27.8 Å². The molecule has 27 heavy (non-hydrogen) atoms. The Bertz CT molecular complexity index is 896. The summed E-state index contributed by atoms with van der Waals surface area (Å²) >= 11 is 0. The van der Waals surface area contributed by atoms with Crippen LogP contribution < -0.4 is 10.6 Å². The van der Waals surface area contributed by atoms with Crippen molar-refractivity contribution in [1.82, 2.24) is 10.3 Å². The molecule has 0 spiro atoms. The molecule has 0 unspecified atom stereocenters. The van der Waals surface area contributed by atoms with E-state index in [0.29, 0.717) is 17.8 Å². The Labute approximate surface area is 158 Å². The second kappa shape index (κ2) is 9.29. The van der Waals surface area contributed by atoms with Gasteiger partial charge in [-0.25, -0.2) is 0 Å². The van der Waals surface area contributed by atoms with Crippen molar-refractivity contribution in [2.75, 3.05) is 11.9 Å². The van der Waals surface area contributed by atoms with Crippen LogP contribution in [0.4, 0.5) is 5.69 Å². The first-order chi connectivity index (χ1) is 13.2. The molecule has 1 aromatic heterocycles. The molecule has 2 amide bonds. The van der Waals surface area contributed by atoms with Crippen molar-refractivity contribution in [1.29, 1.82) is 0 Å². The van der Waals surface area contributed by atoms with Gasteiger partial charge in [-0.2, -0.15) is 0 Å². The first-order valence-electron chi connectivity index (χ1n) is 8.87. The lowest BCUT2D eigenvalue weighted by Gasteiger charge is -2.07. The molecule has 0 fully saturated rings. The van der Waals surface area contributed by atoms with Gasteiger partial charge in [0.05, 0.1) is 0 Å². The van der Waals surface area contributed by atoms with Gasteiger partial charge < -0.3 is 10.6 Å². The highest BCUT2D eigenvalue weighted by Crippen LogP contribution is 2.09. The molecule has 0 bridgehead atoms. The Morgan fingerprint density at radius 1 is 0.852 bits per heavy atom. The van der Waals surface area contributed by atoms with E-state index in [1.54, 1.807) is 18.2 Å². The molecule has 0 radical (unpaired) electrons. The van der Waals surface area contributed by atoms with Gasteiger partial charge in [-0.05, 0) is 42.7 Å². The molecule has 136 valence electrons. The van der Waals surface area contributed by atoms with Gasteiger partial charge in [0.1, 0.15) is 5.69 Å². The molecule has 0 saturated heterocycles. The Balaban J connectivity index is 1.53. The number of carbonyl (C=O) groups excluding carboxylic acids is 2. The Hall–Kier alpha value is -3.47. The SMILES string of the molecule is O=C(NCCCc1ccccc1)c1ccnc(C(=O)Nc2ccccc2)c1. The lowest BCUT2D eigenvalue weighted by Crippen LogP contribution is -2.25. The van der Waals surface area contributed by atoms with E-state index in [9.17, 15) is 9.59 Å². The van der Waals surface area contributed by atoms with Gasteiger partial charge in [0.2, 0.25) is 0 Å². The van der Waals surface area contributed by atoms with E-state index in [-0.39, 0.29) is 17.5 Å². The normalized spacial score (nSPS) is 10.2. The minimum atomic E-state index is -0.347. The third-order valence-electron chi connectivity index (χ3n) is 4.06. The lowest BCUT2D eigenvalue weighted by atomic mass is 10.1. The molecule has 2 aromatic carbocycles. The average molecular weight is 359 g/mol. The smallest absolute Gasteiger partial charge is 0.274 e. The summed E-state index contributed by atoms with van der Waals surface area (Å²) in [6, 6.07) is 22.4. The van der Waals surface area contributed by atoms with Crippen molar-refractivity contribution in [2.45, 2.75) is 12.8 Å². The van der Waals surface area contributed by atoms with Crippen molar-refractivity contribution in [2.24, 2.45) is 0 Å². The number of nitrogens with one attached hydrogen (secondary N) is 2. The molecule has 0 atom stereocenters. The lowest BCUT2D eigenvalue weighted by molar-refractivity contribution is 0.0953. The summed E-state index contributed by atoms with van der Waals surface area (Å²) in [6.45, 7) is 0.571. The van der Waals surface area contributed by atoms with Crippen molar-refractivity contribution in [3.05, 3.63) is 95.8 Å². The van der Waals surface area contributed by atoms with Crippen molar-refractivity contribution < 1.29 is 9.59 Å². The zero-order chi connectivity index (χ0) is 18.9. The molecule has 0 aliphatic rings. The van der Waals surface area contributed by atoms with Gasteiger partial charge in [-0.3, -0.25) is 14.6 Å². The van der Waals surface area contributed by atoms with E-state index in [4.69, 9.17) is 0 Å². The third-order valence-corrected chi connectivity index (χ3v) is 4.06. The van der Waals surface area contributed by atoms with Gasteiger partial charge in [-0.1, -0.05) is 48.5 Å². The molecule has 0 aliphatic carbocycles. The number of hydrogen-bond donors (Lipinski definition) is 2. The number of pyridine rings is 1. The van der Waals surface area contributed by atoms with Crippen LogP contribution in [-0.2, 0) is 6.42 Å². The summed E-state index contributed by atoms with van der Waals surface area (Å²) in [6.07, 6.45) is 3.23. The summed E-state index contributed by atoms with van der Waals surface area (Å²) in [4.78, 5) is 28.7.